The van der Waals surface area contributed by atoms with Gasteiger partial charge in [0.05, 0.1) is 12.8 Å². The van der Waals surface area contributed by atoms with Crippen LogP contribution in [0.2, 0.25) is 0 Å². The Hall–Kier alpha value is -2.80. The summed E-state index contributed by atoms with van der Waals surface area (Å²) in [5.41, 5.74) is 1.34. The number of nitrogens with one attached hydrogen (secondary N) is 2. The Morgan fingerprint density at radius 2 is 1.78 bits per heavy atom. The van der Waals surface area contributed by atoms with Gasteiger partial charge in [0.15, 0.2) is 0 Å². The van der Waals surface area contributed by atoms with E-state index in [2.05, 4.69) is 39.8 Å². The lowest BCUT2D eigenvalue weighted by molar-refractivity contribution is -0.126. The number of rotatable bonds is 7. The summed E-state index contributed by atoms with van der Waals surface area (Å²) in [7, 11) is 0. The van der Waals surface area contributed by atoms with E-state index in [4.69, 9.17) is 4.42 Å². The molecule has 7 nitrogen and oxygen atoms in total. The van der Waals surface area contributed by atoms with Gasteiger partial charge >= 0.3 is 6.03 Å². The van der Waals surface area contributed by atoms with E-state index in [1.54, 1.807) is 6.26 Å². The number of carbonyl (C=O) groups excluding carboxylic acids is 2. The SMILES string of the molecule is O=C(NCc1ccco1)C1CCN(C(=O)NCC2CCCN(Cc3ccccc3)C2)CC1. The molecule has 1 atom stereocenters. The maximum absolute atomic E-state index is 12.7. The largest absolute Gasteiger partial charge is 0.467 e. The predicted molar refractivity (Wildman–Crippen MR) is 123 cm³/mol. The monoisotopic (exact) mass is 438 g/mol. The molecule has 0 aliphatic carbocycles. The van der Waals surface area contributed by atoms with Gasteiger partial charge < -0.3 is 20.0 Å². The van der Waals surface area contributed by atoms with E-state index in [1.807, 2.05) is 23.1 Å². The number of hydrogen-bond acceptors (Lipinski definition) is 4. The lowest BCUT2D eigenvalue weighted by atomic mass is 9.96. The van der Waals surface area contributed by atoms with Crippen molar-refractivity contribution in [2.45, 2.75) is 38.8 Å². The third-order valence-electron chi connectivity index (χ3n) is 6.56. The molecule has 172 valence electrons. The molecule has 1 aromatic carbocycles. The predicted octanol–water partition coefficient (Wildman–Crippen LogP) is 3.23. The van der Waals surface area contributed by atoms with Crippen molar-refractivity contribution in [1.29, 1.82) is 0 Å². The number of furan rings is 1. The molecule has 4 rings (SSSR count). The van der Waals surface area contributed by atoms with Crippen LogP contribution in [-0.4, -0.2) is 54.5 Å². The summed E-state index contributed by atoms with van der Waals surface area (Å²) in [6.45, 7) is 5.48. The molecule has 32 heavy (non-hydrogen) atoms. The first-order valence-electron chi connectivity index (χ1n) is 11.8. The van der Waals surface area contributed by atoms with Crippen molar-refractivity contribution < 1.29 is 14.0 Å². The van der Waals surface area contributed by atoms with E-state index < -0.39 is 0 Å². The Morgan fingerprint density at radius 1 is 0.969 bits per heavy atom. The van der Waals surface area contributed by atoms with Crippen molar-refractivity contribution in [3.63, 3.8) is 0 Å². The van der Waals surface area contributed by atoms with Gasteiger partial charge in [-0.2, -0.15) is 0 Å². The Balaban J connectivity index is 1.14. The average molecular weight is 439 g/mol. The minimum atomic E-state index is -0.0427. The molecule has 3 heterocycles. The number of carbonyl (C=O) groups is 2. The fraction of sp³-hybridized carbons (Fsp3) is 0.520. The van der Waals surface area contributed by atoms with Crippen LogP contribution < -0.4 is 10.6 Å². The Labute approximate surface area is 190 Å². The zero-order valence-corrected chi connectivity index (χ0v) is 18.7. The summed E-state index contributed by atoms with van der Waals surface area (Å²) in [6.07, 6.45) is 5.33. The third-order valence-corrected chi connectivity index (χ3v) is 6.56. The molecule has 2 aliphatic rings. The second kappa shape index (κ2) is 11.2. The summed E-state index contributed by atoms with van der Waals surface area (Å²) >= 11 is 0. The van der Waals surface area contributed by atoms with Crippen LogP contribution in [0.15, 0.2) is 53.1 Å². The number of piperidine rings is 2. The lowest BCUT2D eigenvalue weighted by Crippen LogP contribution is -2.48. The molecular formula is C25H34N4O3. The minimum Gasteiger partial charge on any atom is -0.467 e. The summed E-state index contributed by atoms with van der Waals surface area (Å²) in [6, 6.07) is 14.2. The second-order valence-corrected chi connectivity index (χ2v) is 8.97. The topological polar surface area (TPSA) is 77.8 Å². The van der Waals surface area contributed by atoms with E-state index in [1.165, 1.54) is 12.0 Å². The van der Waals surface area contributed by atoms with Gasteiger partial charge in [0.25, 0.3) is 0 Å². The van der Waals surface area contributed by atoms with Crippen LogP contribution in [0.5, 0.6) is 0 Å². The molecule has 1 aromatic heterocycles. The van der Waals surface area contributed by atoms with Crippen molar-refractivity contribution in [3.8, 4) is 0 Å². The number of hydrogen-bond donors (Lipinski definition) is 2. The Morgan fingerprint density at radius 3 is 2.53 bits per heavy atom. The lowest BCUT2D eigenvalue weighted by Gasteiger charge is -2.34. The zero-order valence-electron chi connectivity index (χ0n) is 18.7. The van der Waals surface area contributed by atoms with Gasteiger partial charge in [0, 0.05) is 38.6 Å². The third kappa shape index (κ3) is 6.36. The van der Waals surface area contributed by atoms with Crippen molar-refractivity contribution in [1.82, 2.24) is 20.4 Å². The van der Waals surface area contributed by atoms with Gasteiger partial charge in [0.1, 0.15) is 5.76 Å². The standard InChI is InChI=1S/C25H34N4O3/c30-24(26-17-23-9-5-15-32-23)22-10-13-29(14-11-22)25(31)27-16-21-8-4-12-28(19-21)18-20-6-2-1-3-7-20/h1-3,5-7,9,15,21-22H,4,8,10-14,16-19H2,(H,26,30)(H,27,31). The van der Waals surface area contributed by atoms with Crippen LogP contribution in [0.1, 0.15) is 37.0 Å². The highest BCUT2D eigenvalue weighted by molar-refractivity contribution is 5.79. The highest BCUT2D eigenvalue weighted by Crippen LogP contribution is 2.20. The summed E-state index contributed by atoms with van der Waals surface area (Å²) < 4.78 is 5.25. The minimum absolute atomic E-state index is 0.000346. The molecule has 2 saturated heterocycles. The molecule has 0 bridgehead atoms. The molecule has 7 heteroatoms. The quantitative estimate of drug-likeness (QED) is 0.696. The zero-order chi connectivity index (χ0) is 22.2. The first kappa shape index (κ1) is 22.4. The number of urea groups is 1. The molecule has 2 fully saturated rings. The normalized spacial score (nSPS) is 20.1. The molecule has 1 unspecified atom stereocenters. The van der Waals surface area contributed by atoms with Crippen LogP contribution >= 0.6 is 0 Å². The first-order valence-corrected chi connectivity index (χ1v) is 11.8. The van der Waals surface area contributed by atoms with Crippen molar-refractivity contribution in [3.05, 3.63) is 60.1 Å². The Kier molecular flexibility index (Phi) is 7.82. The van der Waals surface area contributed by atoms with Crippen LogP contribution in [-0.2, 0) is 17.9 Å². The second-order valence-electron chi connectivity index (χ2n) is 8.97. The van der Waals surface area contributed by atoms with Gasteiger partial charge in [-0.05, 0) is 55.8 Å². The fourth-order valence-corrected chi connectivity index (χ4v) is 4.72. The molecule has 2 aromatic rings. The highest BCUT2D eigenvalue weighted by atomic mass is 16.3. The number of nitrogens with zero attached hydrogens (tertiary/aromatic N) is 2. The van der Waals surface area contributed by atoms with E-state index in [0.717, 1.165) is 31.8 Å². The van der Waals surface area contributed by atoms with Crippen molar-refractivity contribution >= 4 is 11.9 Å². The van der Waals surface area contributed by atoms with Crippen LogP contribution in [0.25, 0.3) is 0 Å². The maximum atomic E-state index is 12.7. The summed E-state index contributed by atoms with van der Waals surface area (Å²) in [4.78, 5) is 29.4. The van der Waals surface area contributed by atoms with Crippen molar-refractivity contribution in [2.75, 3.05) is 32.7 Å². The number of likely N-dealkylation sites (tertiary alicyclic amines) is 2. The summed E-state index contributed by atoms with van der Waals surface area (Å²) in [5.74, 6) is 1.24. The van der Waals surface area contributed by atoms with E-state index in [9.17, 15) is 9.59 Å². The number of amides is 3. The van der Waals surface area contributed by atoms with Crippen molar-refractivity contribution in [2.24, 2.45) is 11.8 Å². The van der Waals surface area contributed by atoms with Crippen LogP contribution in [0.3, 0.4) is 0 Å². The van der Waals surface area contributed by atoms with Gasteiger partial charge in [-0.3, -0.25) is 9.69 Å². The maximum Gasteiger partial charge on any atom is 0.317 e. The first-order chi connectivity index (χ1) is 15.7. The molecule has 3 amide bonds. The van der Waals surface area contributed by atoms with Gasteiger partial charge in [-0.1, -0.05) is 30.3 Å². The molecule has 2 N–H and O–H groups in total. The summed E-state index contributed by atoms with van der Waals surface area (Å²) in [5, 5.41) is 6.07. The van der Waals surface area contributed by atoms with Gasteiger partial charge in [0.2, 0.25) is 5.91 Å². The van der Waals surface area contributed by atoms with Crippen LogP contribution in [0, 0.1) is 11.8 Å². The van der Waals surface area contributed by atoms with Crippen LogP contribution in [0.4, 0.5) is 4.79 Å². The average Bonchev–Trinajstić information content (AvgIpc) is 3.36. The smallest absolute Gasteiger partial charge is 0.317 e. The van der Waals surface area contributed by atoms with E-state index in [-0.39, 0.29) is 17.9 Å². The Bertz CT molecular complexity index is 847. The van der Waals surface area contributed by atoms with E-state index in [0.29, 0.717) is 44.9 Å². The van der Waals surface area contributed by atoms with Gasteiger partial charge in [-0.15, -0.1) is 0 Å². The molecule has 0 radical (unpaired) electrons. The van der Waals surface area contributed by atoms with Gasteiger partial charge in [-0.25, -0.2) is 4.79 Å². The number of benzene rings is 1. The fourth-order valence-electron chi connectivity index (χ4n) is 4.72. The molecular weight excluding hydrogens is 404 g/mol. The highest BCUT2D eigenvalue weighted by Gasteiger charge is 2.28. The molecule has 0 saturated carbocycles. The molecule has 0 spiro atoms. The van der Waals surface area contributed by atoms with E-state index >= 15 is 0 Å². The molecule has 2 aliphatic heterocycles.